The highest BCUT2D eigenvalue weighted by atomic mass is 16.5. The highest BCUT2D eigenvalue weighted by Crippen LogP contribution is 2.15. The first kappa shape index (κ1) is 29.9. The van der Waals surface area contributed by atoms with Gasteiger partial charge in [-0.15, -0.1) is 0 Å². The predicted molar refractivity (Wildman–Crippen MR) is 150 cm³/mol. The van der Waals surface area contributed by atoms with Gasteiger partial charge in [-0.3, -0.25) is 14.4 Å². The maximum absolute atomic E-state index is 13.5. The van der Waals surface area contributed by atoms with E-state index in [4.69, 9.17) is 4.74 Å². The molecule has 1 aliphatic heterocycles. The van der Waals surface area contributed by atoms with Crippen molar-refractivity contribution in [3.05, 3.63) is 71.3 Å². The van der Waals surface area contributed by atoms with Gasteiger partial charge in [0.15, 0.2) is 0 Å². The summed E-state index contributed by atoms with van der Waals surface area (Å²) < 4.78 is 6.03. The van der Waals surface area contributed by atoms with E-state index in [1.807, 2.05) is 44.2 Å². The lowest BCUT2D eigenvalue weighted by atomic mass is 10.1. The molecule has 0 unspecified atom stereocenters. The average molecular weight is 534 g/mol. The molecule has 0 saturated carbocycles. The average Bonchev–Trinajstić information content (AvgIpc) is 3.08. The van der Waals surface area contributed by atoms with Gasteiger partial charge in [0.25, 0.3) is 5.91 Å². The van der Waals surface area contributed by atoms with Crippen LogP contribution >= 0.6 is 0 Å². The Morgan fingerprint density at radius 1 is 1.08 bits per heavy atom. The van der Waals surface area contributed by atoms with Crippen molar-refractivity contribution < 1.29 is 24.2 Å². The first-order chi connectivity index (χ1) is 18.6. The molecular weight excluding hydrogens is 494 g/mol. The van der Waals surface area contributed by atoms with Gasteiger partial charge >= 0.3 is 0 Å². The molecule has 2 aromatic carbocycles. The van der Waals surface area contributed by atoms with E-state index in [1.165, 1.54) is 4.90 Å². The van der Waals surface area contributed by atoms with Crippen molar-refractivity contribution in [3.63, 3.8) is 0 Å². The summed E-state index contributed by atoms with van der Waals surface area (Å²) in [7, 11) is 0. The summed E-state index contributed by atoms with van der Waals surface area (Å²) in [5.41, 5.74) is 0.931. The SMILES string of the molecule is CCN(CC)C(=O)CO[C@H]1CN(CCc2ccccc2)C(=O)CN(C(=O)c2cccc(C#CC(C)(C)O)c2)C1. The molecule has 3 amide bonds. The van der Waals surface area contributed by atoms with Crippen LogP contribution in [0.15, 0.2) is 54.6 Å². The van der Waals surface area contributed by atoms with Crippen LogP contribution in [0.3, 0.4) is 0 Å². The Kier molecular flexibility index (Phi) is 10.7. The summed E-state index contributed by atoms with van der Waals surface area (Å²) >= 11 is 0. The second kappa shape index (κ2) is 13.9. The Hall–Kier alpha value is -3.67. The van der Waals surface area contributed by atoms with Crippen LogP contribution in [0.4, 0.5) is 0 Å². The molecule has 1 aliphatic rings. The maximum Gasteiger partial charge on any atom is 0.254 e. The van der Waals surface area contributed by atoms with Crippen molar-refractivity contribution in [2.45, 2.75) is 45.8 Å². The minimum atomic E-state index is -1.16. The van der Waals surface area contributed by atoms with Crippen LogP contribution in [0.1, 0.15) is 49.2 Å². The highest BCUT2D eigenvalue weighted by molar-refractivity contribution is 5.97. The molecular formula is C31H39N3O5. The van der Waals surface area contributed by atoms with Gasteiger partial charge in [0, 0.05) is 43.9 Å². The van der Waals surface area contributed by atoms with E-state index in [0.29, 0.717) is 37.2 Å². The van der Waals surface area contributed by atoms with Crippen molar-refractivity contribution in [1.29, 1.82) is 0 Å². The number of hydrogen-bond donors (Lipinski definition) is 1. The number of carbonyl (C=O) groups excluding carboxylic acids is 3. The van der Waals surface area contributed by atoms with Crippen LogP contribution in [0.2, 0.25) is 0 Å². The molecule has 0 bridgehead atoms. The summed E-state index contributed by atoms with van der Waals surface area (Å²) in [5, 5.41) is 9.92. The standard InChI is InChI=1S/C31H39N3O5/c1-5-32(6-2)29(36)23-39-27-20-33(18-16-24-11-8-7-9-12-24)28(35)22-34(21-27)30(37)26-14-10-13-25(19-26)15-17-31(3,4)38/h7-14,19,27,38H,5-6,16,18,20-23H2,1-4H3/t27-/m0/s1. The summed E-state index contributed by atoms with van der Waals surface area (Å²) in [4.78, 5) is 44.4. The van der Waals surface area contributed by atoms with E-state index in [2.05, 4.69) is 11.8 Å². The summed E-state index contributed by atoms with van der Waals surface area (Å²) in [6.07, 6.45) is 0.155. The molecule has 0 spiro atoms. The quantitative estimate of drug-likeness (QED) is 0.501. The molecule has 1 heterocycles. The van der Waals surface area contributed by atoms with Gasteiger partial charge in [-0.25, -0.2) is 0 Å². The molecule has 1 atom stereocenters. The number of amides is 3. The molecule has 1 N–H and O–H groups in total. The predicted octanol–water partition coefficient (Wildman–Crippen LogP) is 2.59. The largest absolute Gasteiger partial charge is 0.378 e. The fourth-order valence-electron chi connectivity index (χ4n) is 4.36. The molecule has 39 heavy (non-hydrogen) atoms. The fourth-order valence-corrected chi connectivity index (χ4v) is 4.36. The second-order valence-electron chi connectivity index (χ2n) is 10.1. The minimum Gasteiger partial charge on any atom is -0.378 e. The summed E-state index contributed by atoms with van der Waals surface area (Å²) in [6.45, 7) is 8.93. The van der Waals surface area contributed by atoms with Crippen LogP contribution in [-0.4, -0.2) is 95.1 Å². The van der Waals surface area contributed by atoms with Crippen LogP contribution in [0, 0.1) is 11.8 Å². The lowest BCUT2D eigenvalue weighted by molar-refractivity contribution is -0.138. The Labute approximate surface area is 231 Å². The lowest BCUT2D eigenvalue weighted by Crippen LogP contribution is -2.41. The van der Waals surface area contributed by atoms with Crippen LogP contribution in [0.25, 0.3) is 0 Å². The fraction of sp³-hybridized carbons (Fsp3) is 0.452. The van der Waals surface area contributed by atoms with E-state index < -0.39 is 11.7 Å². The zero-order chi connectivity index (χ0) is 28.4. The van der Waals surface area contributed by atoms with E-state index in [9.17, 15) is 19.5 Å². The van der Waals surface area contributed by atoms with Crippen molar-refractivity contribution in [2.75, 3.05) is 45.9 Å². The monoisotopic (exact) mass is 533 g/mol. The molecule has 8 heteroatoms. The number of hydrogen-bond acceptors (Lipinski definition) is 5. The van der Waals surface area contributed by atoms with Crippen molar-refractivity contribution in [3.8, 4) is 11.8 Å². The highest BCUT2D eigenvalue weighted by Gasteiger charge is 2.32. The third kappa shape index (κ3) is 9.24. The van der Waals surface area contributed by atoms with E-state index in [1.54, 1.807) is 47.9 Å². The van der Waals surface area contributed by atoms with Gasteiger partial charge in [0.2, 0.25) is 11.8 Å². The van der Waals surface area contributed by atoms with Gasteiger partial charge in [0.05, 0.1) is 6.10 Å². The number of aliphatic hydroxyl groups is 1. The van der Waals surface area contributed by atoms with Crippen LogP contribution in [0.5, 0.6) is 0 Å². The zero-order valence-corrected chi connectivity index (χ0v) is 23.4. The molecule has 1 fully saturated rings. The van der Waals surface area contributed by atoms with Crippen molar-refractivity contribution >= 4 is 17.7 Å². The molecule has 0 radical (unpaired) electrons. The Balaban J connectivity index is 1.80. The van der Waals surface area contributed by atoms with Gasteiger partial charge in [0.1, 0.15) is 18.8 Å². The number of benzene rings is 2. The number of ether oxygens (including phenoxy) is 1. The number of nitrogens with zero attached hydrogens (tertiary/aromatic N) is 3. The first-order valence-corrected chi connectivity index (χ1v) is 13.5. The molecule has 8 nitrogen and oxygen atoms in total. The van der Waals surface area contributed by atoms with Crippen LogP contribution < -0.4 is 0 Å². The molecule has 208 valence electrons. The number of carbonyl (C=O) groups is 3. The van der Waals surface area contributed by atoms with Crippen molar-refractivity contribution in [2.24, 2.45) is 0 Å². The third-order valence-corrected chi connectivity index (χ3v) is 6.51. The van der Waals surface area contributed by atoms with Gasteiger partial charge in [-0.05, 0) is 57.9 Å². The van der Waals surface area contributed by atoms with Gasteiger partial charge < -0.3 is 24.5 Å². The van der Waals surface area contributed by atoms with E-state index >= 15 is 0 Å². The second-order valence-corrected chi connectivity index (χ2v) is 10.1. The molecule has 0 aromatic heterocycles. The van der Waals surface area contributed by atoms with E-state index in [0.717, 1.165) is 5.56 Å². The zero-order valence-electron chi connectivity index (χ0n) is 23.4. The summed E-state index contributed by atoms with van der Waals surface area (Å²) in [5.74, 6) is 5.04. The normalized spacial score (nSPS) is 15.8. The lowest BCUT2D eigenvalue weighted by Gasteiger charge is -2.26. The van der Waals surface area contributed by atoms with Gasteiger partial charge in [-0.2, -0.15) is 0 Å². The smallest absolute Gasteiger partial charge is 0.254 e. The van der Waals surface area contributed by atoms with Crippen molar-refractivity contribution in [1.82, 2.24) is 14.7 Å². The Bertz CT molecular complexity index is 1190. The Morgan fingerprint density at radius 2 is 1.79 bits per heavy atom. The minimum absolute atomic E-state index is 0.0863. The molecule has 2 aromatic rings. The van der Waals surface area contributed by atoms with Crippen LogP contribution in [-0.2, 0) is 20.7 Å². The molecule has 1 saturated heterocycles. The topological polar surface area (TPSA) is 90.4 Å². The van der Waals surface area contributed by atoms with E-state index in [-0.39, 0.29) is 44.0 Å². The molecule has 3 rings (SSSR count). The third-order valence-electron chi connectivity index (χ3n) is 6.51. The first-order valence-electron chi connectivity index (χ1n) is 13.5. The summed E-state index contributed by atoms with van der Waals surface area (Å²) in [6, 6.07) is 16.7. The van der Waals surface area contributed by atoms with Gasteiger partial charge in [-0.1, -0.05) is 48.2 Å². The maximum atomic E-state index is 13.5. The number of likely N-dealkylation sites (N-methyl/N-ethyl adjacent to an activating group) is 1. The molecule has 0 aliphatic carbocycles. The Morgan fingerprint density at radius 3 is 2.46 bits per heavy atom. The number of rotatable bonds is 9.